The van der Waals surface area contributed by atoms with Gasteiger partial charge in [0.15, 0.2) is 0 Å². The van der Waals surface area contributed by atoms with Crippen molar-refractivity contribution in [1.29, 1.82) is 0 Å². The van der Waals surface area contributed by atoms with E-state index in [-0.39, 0.29) is 5.75 Å². The van der Waals surface area contributed by atoms with Crippen LogP contribution in [0.15, 0.2) is 71.8 Å². The standard InChI is InChI=1S/C17H18ClN3.C7H6F2OS/c1-11-3-6-16(15(18)7-11)21-13-4-5-14-12(9-19-2)10-20-17(14)8-13;8-7(9)10-5-1-3-6(11)4-2-5/h3-8,10,19-21H,9H2,1-2H3;1-4,7,11H. The van der Waals surface area contributed by atoms with E-state index in [1.807, 2.05) is 38.4 Å². The molecule has 0 aliphatic rings. The zero-order valence-corrected chi connectivity index (χ0v) is 19.3. The highest BCUT2D eigenvalue weighted by atomic mass is 35.5. The molecule has 0 aliphatic carbocycles. The smallest absolute Gasteiger partial charge is 0.387 e. The molecule has 0 aliphatic heterocycles. The van der Waals surface area contributed by atoms with Gasteiger partial charge in [0.2, 0.25) is 0 Å². The molecule has 168 valence electrons. The molecule has 0 unspecified atom stereocenters. The predicted molar refractivity (Wildman–Crippen MR) is 131 cm³/mol. The van der Waals surface area contributed by atoms with Crippen LogP contribution >= 0.6 is 24.2 Å². The second-order valence-corrected chi connectivity index (χ2v) is 8.01. The van der Waals surface area contributed by atoms with Crippen molar-refractivity contribution >= 4 is 46.5 Å². The van der Waals surface area contributed by atoms with Gasteiger partial charge in [-0.2, -0.15) is 8.78 Å². The van der Waals surface area contributed by atoms with Gasteiger partial charge in [0.05, 0.1) is 10.7 Å². The number of fused-ring (bicyclic) bond motifs is 1. The lowest BCUT2D eigenvalue weighted by Crippen LogP contribution is -2.03. The van der Waals surface area contributed by atoms with E-state index >= 15 is 0 Å². The fourth-order valence-corrected chi connectivity index (χ4v) is 3.54. The second-order valence-electron chi connectivity index (χ2n) is 7.09. The Balaban J connectivity index is 0.000000222. The molecular weight excluding hydrogens is 452 g/mol. The van der Waals surface area contributed by atoms with Gasteiger partial charge in [-0.05, 0) is 73.6 Å². The van der Waals surface area contributed by atoms with Crippen LogP contribution in [-0.4, -0.2) is 18.6 Å². The summed E-state index contributed by atoms with van der Waals surface area (Å²) in [6, 6.07) is 18.4. The van der Waals surface area contributed by atoms with Crippen molar-refractivity contribution in [3.8, 4) is 5.75 Å². The first kappa shape index (κ1) is 23.9. The molecule has 0 bridgehead atoms. The second kappa shape index (κ2) is 11.2. The number of aryl methyl sites for hydroxylation is 1. The van der Waals surface area contributed by atoms with Crippen LogP contribution < -0.4 is 15.4 Å². The molecule has 0 saturated heterocycles. The van der Waals surface area contributed by atoms with Crippen LogP contribution in [0, 0.1) is 6.92 Å². The van der Waals surface area contributed by atoms with Crippen LogP contribution in [0.4, 0.5) is 20.2 Å². The summed E-state index contributed by atoms with van der Waals surface area (Å²) in [6.07, 6.45) is 2.05. The molecular formula is C24H24ClF2N3OS. The third kappa shape index (κ3) is 6.63. The van der Waals surface area contributed by atoms with Gasteiger partial charge in [0, 0.05) is 34.2 Å². The quantitative estimate of drug-likeness (QED) is 0.223. The molecule has 8 heteroatoms. The Labute approximate surface area is 196 Å². The van der Waals surface area contributed by atoms with Gasteiger partial charge in [-0.1, -0.05) is 23.7 Å². The van der Waals surface area contributed by atoms with Crippen LogP contribution in [0.25, 0.3) is 10.9 Å². The maximum absolute atomic E-state index is 11.6. The fraction of sp³-hybridized carbons (Fsp3) is 0.167. The lowest BCUT2D eigenvalue weighted by molar-refractivity contribution is -0.0498. The van der Waals surface area contributed by atoms with Gasteiger partial charge in [0.25, 0.3) is 0 Å². The first-order chi connectivity index (χ1) is 15.4. The number of thiol groups is 1. The minimum Gasteiger partial charge on any atom is -0.435 e. The average Bonchev–Trinajstić information content (AvgIpc) is 3.14. The molecule has 1 aromatic heterocycles. The van der Waals surface area contributed by atoms with Gasteiger partial charge >= 0.3 is 6.61 Å². The molecule has 32 heavy (non-hydrogen) atoms. The summed E-state index contributed by atoms with van der Waals surface area (Å²) in [5.74, 6) is 0.151. The van der Waals surface area contributed by atoms with E-state index in [2.05, 4.69) is 51.2 Å². The van der Waals surface area contributed by atoms with E-state index in [0.29, 0.717) is 4.90 Å². The van der Waals surface area contributed by atoms with Crippen molar-refractivity contribution in [3.63, 3.8) is 0 Å². The molecule has 4 aromatic rings. The molecule has 4 rings (SSSR count). The molecule has 0 radical (unpaired) electrons. The first-order valence-corrected chi connectivity index (χ1v) is 10.7. The van der Waals surface area contributed by atoms with Crippen molar-refractivity contribution < 1.29 is 13.5 Å². The number of hydrogen-bond donors (Lipinski definition) is 4. The minimum absolute atomic E-state index is 0.151. The Morgan fingerprint density at radius 2 is 1.81 bits per heavy atom. The molecule has 0 fully saturated rings. The normalized spacial score (nSPS) is 10.7. The summed E-state index contributed by atoms with van der Waals surface area (Å²) < 4.78 is 27.3. The van der Waals surface area contributed by atoms with Crippen LogP contribution in [0.2, 0.25) is 5.02 Å². The number of aromatic nitrogens is 1. The Hall–Kier alpha value is -2.74. The van der Waals surface area contributed by atoms with E-state index in [1.54, 1.807) is 12.1 Å². The summed E-state index contributed by atoms with van der Waals surface area (Å²) in [5.41, 5.74) is 5.48. The molecule has 1 heterocycles. The number of rotatable bonds is 6. The average molecular weight is 476 g/mol. The zero-order valence-electron chi connectivity index (χ0n) is 17.6. The third-order valence-electron chi connectivity index (χ3n) is 4.60. The van der Waals surface area contributed by atoms with E-state index in [1.165, 1.54) is 23.1 Å². The molecule has 3 N–H and O–H groups in total. The number of benzene rings is 3. The van der Waals surface area contributed by atoms with Crippen molar-refractivity contribution in [3.05, 3.63) is 83.0 Å². The summed E-state index contributed by atoms with van der Waals surface area (Å²) >= 11 is 10.2. The summed E-state index contributed by atoms with van der Waals surface area (Å²) in [4.78, 5) is 4.02. The fourth-order valence-electron chi connectivity index (χ4n) is 3.11. The molecule has 0 spiro atoms. The summed E-state index contributed by atoms with van der Waals surface area (Å²) in [6.45, 7) is 0.126. The highest BCUT2D eigenvalue weighted by molar-refractivity contribution is 7.80. The summed E-state index contributed by atoms with van der Waals surface area (Å²) in [5, 5.41) is 8.52. The lowest BCUT2D eigenvalue weighted by atomic mass is 10.1. The molecule has 0 atom stereocenters. The van der Waals surface area contributed by atoms with Gasteiger partial charge < -0.3 is 20.4 Å². The van der Waals surface area contributed by atoms with Crippen molar-refractivity contribution in [1.82, 2.24) is 10.3 Å². The lowest BCUT2D eigenvalue weighted by Gasteiger charge is -2.09. The van der Waals surface area contributed by atoms with Gasteiger partial charge in [0.1, 0.15) is 5.75 Å². The number of aromatic amines is 1. The van der Waals surface area contributed by atoms with Gasteiger partial charge in [-0.3, -0.25) is 0 Å². The number of halogens is 3. The number of hydrogen-bond acceptors (Lipinski definition) is 4. The summed E-state index contributed by atoms with van der Waals surface area (Å²) in [7, 11) is 1.95. The van der Waals surface area contributed by atoms with Crippen LogP contribution in [0.1, 0.15) is 11.1 Å². The number of anilines is 2. The number of nitrogens with one attached hydrogen (secondary N) is 3. The molecule has 4 nitrogen and oxygen atoms in total. The maximum Gasteiger partial charge on any atom is 0.387 e. The highest BCUT2D eigenvalue weighted by Crippen LogP contribution is 2.28. The van der Waals surface area contributed by atoms with E-state index in [4.69, 9.17) is 11.6 Å². The van der Waals surface area contributed by atoms with E-state index in [9.17, 15) is 8.78 Å². The molecule has 0 amide bonds. The molecule has 3 aromatic carbocycles. The number of H-pyrrole nitrogens is 1. The van der Waals surface area contributed by atoms with Crippen LogP contribution in [0.5, 0.6) is 5.75 Å². The third-order valence-corrected chi connectivity index (χ3v) is 5.21. The van der Waals surface area contributed by atoms with Gasteiger partial charge in [-0.25, -0.2) is 0 Å². The Morgan fingerprint density at radius 3 is 2.47 bits per heavy atom. The molecule has 0 saturated carbocycles. The minimum atomic E-state index is -2.76. The monoisotopic (exact) mass is 475 g/mol. The number of alkyl halides is 2. The van der Waals surface area contributed by atoms with Gasteiger partial charge in [-0.15, -0.1) is 12.6 Å². The Kier molecular flexibility index (Phi) is 8.39. The Morgan fingerprint density at radius 1 is 1.06 bits per heavy atom. The largest absolute Gasteiger partial charge is 0.435 e. The topological polar surface area (TPSA) is 49.1 Å². The first-order valence-electron chi connectivity index (χ1n) is 9.87. The maximum atomic E-state index is 11.6. The zero-order chi connectivity index (χ0) is 23.1. The van der Waals surface area contributed by atoms with Crippen LogP contribution in [-0.2, 0) is 6.54 Å². The van der Waals surface area contributed by atoms with Crippen molar-refractivity contribution in [2.45, 2.75) is 25.0 Å². The predicted octanol–water partition coefficient (Wildman–Crippen LogP) is 7.17. The highest BCUT2D eigenvalue weighted by Gasteiger charge is 2.06. The Bertz CT molecular complexity index is 1170. The van der Waals surface area contributed by atoms with Crippen LogP contribution in [0.3, 0.4) is 0 Å². The SMILES string of the molecule is CNCc1c[nH]c2cc(Nc3ccc(C)cc3Cl)ccc12.FC(F)Oc1ccc(S)cc1. The van der Waals surface area contributed by atoms with Crippen molar-refractivity contribution in [2.24, 2.45) is 0 Å². The van der Waals surface area contributed by atoms with E-state index in [0.717, 1.165) is 34.0 Å². The van der Waals surface area contributed by atoms with E-state index < -0.39 is 6.61 Å². The van der Waals surface area contributed by atoms with Crippen molar-refractivity contribution in [2.75, 3.05) is 12.4 Å². The number of ether oxygens (including phenoxy) is 1.